The van der Waals surface area contributed by atoms with E-state index in [1.165, 1.54) is 0 Å². The van der Waals surface area contributed by atoms with Gasteiger partial charge in [0.15, 0.2) is 0 Å². The summed E-state index contributed by atoms with van der Waals surface area (Å²) >= 11 is 5.90. The van der Waals surface area contributed by atoms with Gasteiger partial charge in [0.1, 0.15) is 5.84 Å². The highest BCUT2D eigenvalue weighted by Crippen LogP contribution is 2.37. The van der Waals surface area contributed by atoms with Crippen molar-refractivity contribution < 1.29 is 0 Å². The lowest BCUT2D eigenvalue weighted by atomic mass is 10.1. The van der Waals surface area contributed by atoms with Gasteiger partial charge >= 0.3 is 0 Å². The maximum atomic E-state index is 12.5. The maximum absolute atomic E-state index is 12.5. The van der Waals surface area contributed by atoms with E-state index in [2.05, 4.69) is 0 Å². The van der Waals surface area contributed by atoms with Gasteiger partial charge in [0, 0.05) is 11.1 Å². The Morgan fingerprint density at radius 2 is 1.85 bits per heavy atom. The van der Waals surface area contributed by atoms with Crippen LogP contribution in [-0.2, 0) is 0 Å². The largest absolute Gasteiger partial charge is 0.384 e. The predicted octanol–water partition coefficient (Wildman–Crippen LogP) is 2.79. The Morgan fingerprint density at radius 3 is 2.40 bits per heavy atom. The molecule has 0 spiro atoms. The molecule has 3 N–H and O–H groups in total. The molecular formula is C15H14ClN3O. The molecule has 1 heterocycles. The van der Waals surface area contributed by atoms with Crippen molar-refractivity contribution in [3.8, 4) is 11.3 Å². The van der Waals surface area contributed by atoms with Crippen molar-refractivity contribution in [2.45, 2.75) is 18.9 Å². The van der Waals surface area contributed by atoms with E-state index in [9.17, 15) is 4.79 Å². The summed E-state index contributed by atoms with van der Waals surface area (Å²) in [4.78, 5) is 12.5. The smallest absolute Gasteiger partial charge is 0.262 e. The van der Waals surface area contributed by atoms with E-state index in [-0.39, 0.29) is 23.0 Å². The highest BCUT2D eigenvalue weighted by Gasteiger charge is 2.28. The lowest BCUT2D eigenvalue weighted by molar-refractivity contribution is 0.714. The molecule has 1 aromatic carbocycles. The third-order valence-corrected chi connectivity index (χ3v) is 3.71. The zero-order valence-electron chi connectivity index (χ0n) is 10.8. The van der Waals surface area contributed by atoms with Crippen LogP contribution in [-0.4, -0.2) is 10.4 Å². The van der Waals surface area contributed by atoms with Crippen LogP contribution in [0.25, 0.3) is 11.3 Å². The first kappa shape index (κ1) is 12.9. The van der Waals surface area contributed by atoms with E-state index < -0.39 is 0 Å². The van der Waals surface area contributed by atoms with Crippen LogP contribution in [0, 0.1) is 5.41 Å². The molecule has 0 amide bonds. The van der Waals surface area contributed by atoms with Crippen LogP contribution in [0.15, 0.2) is 41.2 Å². The van der Waals surface area contributed by atoms with Crippen LogP contribution in [0.4, 0.5) is 0 Å². The molecule has 1 aliphatic carbocycles. The third kappa shape index (κ3) is 2.23. The Morgan fingerprint density at radius 1 is 1.20 bits per heavy atom. The molecule has 4 nitrogen and oxygen atoms in total. The monoisotopic (exact) mass is 287 g/mol. The van der Waals surface area contributed by atoms with Gasteiger partial charge < -0.3 is 10.3 Å². The average Bonchev–Trinajstić information content (AvgIpc) is 3.23. The van der Waals surface area contributed by atoms with E-state index in [0.717, 1.165) is 24.1 Å². The lowest BCUT2D eigenvalue weighted by Crippen LogP contribution is -2.29. The molecular weight excluding hydrogens is 274 g/mol. The molecule has 0 saturated heterocycles. The third-order valence-electron chi connectivity index (χ3n) is 3.46. The number of hydrogen-bond acceptors (Lipinski definition) is 2. The first-order valence-corrected chi connectivity index (χ1v) is 6.81. The summed E-state index contributed by atoms with van der Waals surface area (Å²) in [5.41, 5.74) is 7.32. The highest BCUT2D eigenvalue weighted by molar-refractivity contribution is 6.30. The Hall–Kier alpha value is -2.07. The molecule has 2 aromatic rings. The summed E-state index contributed by atoms with van der Waals surface area (Å²) in [5.74, 6) is -0.188. The van der Waals surface area contributed by atoms with Gasteiger partial charge in [0.2, 0.25) is 0 Å². The minimum Gasteiger partial charge on any atom is -0.384 e. The van der Waals surface area contributed by atoms with Crippen molar-refractivity contribution >= 4 is 17.4 Å². The number of halogens is 1. The number of amidine groups is 1. The minimum absolute atomic E-state index is 0.188. The molecule has 3 rings (SSSR count). The van der Waals surface area contributed by atoms with Crippen LogP contribution < -0.4 is 11.3 Å². The number of benzene rings is 1. The summed E-state index contributed by atoms with van der Waals surface area (Å²) in [6.45, 7) is 0. The van der Waals surface area contributed by atoms with Gasteiger partial charge in [-0.25, -0.2) is 0 Å². The summed E-state index contributed by atoms with van der Waals surface area (Å²) in [5, 5.41) is 8.15. The van der Waals surface area contributed by atoms with Gasteiger partial charge in [-0.2, -0.15) is 0 Å². The fraction of sp³-hybridized carbons (Fsp3) is 0.200. The predicted molar refractivity (Wildman–Crippen MR) is 80.4 cm³/mol. The van der Waals surface area contributed by atoms with Gasteiger partial charge in [0.25, 0.3) is 5.56 Å². The zero-order chi connectivity index (χ0) is 14.3. The number of aromatic nitrogens is 1. The topological polar surface area (TPSA) is 71.9 Å². The van der Waals surface area contributed by atoms with E-state index in [0.29, 0.717) is 5.02 Å². The Balaban J connectivity index is 2.21. The summed E-state index contributed by atoms with van der Waals surface area (Å²) in [6.07, 6.45) is 1.98. The van der Waals surface area contributed by atoms with Crippen LogP contribution in [0.2, 0.25) is 5.02 Å². The van der Waals surface area contributed by atoms with Gasteiger partial charge in [-0.15, -0.1) is 0 Å². The molecule has 5 heteroatoms. The van der Waals surface area contributed by atoms with Crippen LogP contribution in [0.1, 0.15) is 24.4 Å². The van der Waals surface area contributed by atoms with Crippen molar-refractivity contribution in [2.24, 2.45) is 5.73 Å². The number of nitrogens with two attached hydrogens (primary N) is 1. The van der Waals surface area contributed by atoms with Gasteiger partial charge in [-0.3, -0.25) is 10.2 Å². The number of nitrogens with one attached hydrogen (secondary N) is 1. The van der Waals surface area contributed by atoms with Crippen LogP contribution in [0.3, 0.4) is 0 Å². The second kappa shape index (κ2) is 4.80. The first-order chi connectivity index (χ1) is 9.58. The van der Waals surface area contributed by atoms with Crippen LogP contribution >= 0.6 is 11.6 Å². The molecule has 1 saturated carbocycles. The van der Waals surface area contributed by atoms with Crippen molar-refractivity contribution in [3.63, 3.8) is 0 Å². The fourth-order valence-corrected chi connectivity index (χ4v) is 2.44. The molecule has 1 fully saturated rings. The van der Waals surface area contributed by atoms with E-state index in [1.54, 1.807) is 22.8 Å². The molecule has 102 valence electrons. The van der Waals surface area contributed by atoms with Crippen LogP contribution in [0.5, 0.6) is 0 Å². The normalized spacial score (nSPS) is 14.2. The second-order valence-electron chi connectivity index (χ2n) is 4.96. The Labute approximate surface area is 121 Å². The Kier molecular flexibility index (Phi) is 3.10. The number of rotatable bonds is 3. The van der Waals surface area contributed by atoms with Crippen molar-refractivity contribution in [3.05, 3.63) is 57.3 Å². The van der Waals surface area contributed by atoms with E-state index in [4.69, 9.17) is 22.7 Å². The number of pyridine rings is 1. The van der Waals surface area contributed by atoms with Crippen molar-refractivity contribution in [1.29, 1.82) is 5.41 Å². The van der Waals surface area contributed by atoms with Gasteiger partial charge in [0.05, 0.1) is 11.3 Å². The number of nitrogen functional groups attached to an aromatic ring is 1. The second-order valence-corrected chi connectivity index (χ2v) is 5.40. The van der Waals surface area contributed by atoms with E-state index >= 15 is 0 Å². The van der Waals surface area contributed by atoms with Gasteiger partial charge in [-0.1, -0.05) is 23.7 Å². The first-order valence-electron chi connectivity index (χ1n) is 6.44. The minimum atomic E-state index is -0.188. The molecule has 20 heavy (non-hydrogen) atoms. The molecule has 0 bridgehead atoms. The molecule has 1 aromatic heterocycles. The molecule has 0 radical (unpaired) electrons. The maximum Gasteiger partial charge on any atom is 0.262 e. The molecule has 0 unspecified atom stereocenters. The SMILES string of the molecule is N=C(N)c1ccc(-c2ccc(Cl)cc2)n(C2CC2)c1=O. The van der Waals surface area contributed by atoms with Gasteiger partial charge in [-0.05, 0) is 42.7 Å². The zero-order valence-corrected chi connectivity index (χ0v) is 11.5. The quantitative estimate of drug-likeness (QED) is 0.673. The lowest BCUT2D eigenvalue weighted by Gasteiger charge is -2.14. The highest BCUT2D eigenvalue weighted by atomic mass is 35.5. The summed E-state index contributed by atoms with van der Waals surface area (Å²) in [6, 6.07) is 11.1. The average molecular weight is 288 g/mol. The van der Waals surface area contributed by atoms with Crippen molar-refractivity contribution in [1.82, 2.24) is 4.57 Å². The standard InChI is InChI=1S/C15H14ClN3O/c16-10-3-1-9(2-4-10)13-8-7-12(14(17)18)15(20)19(13)11-5-6-11/h1-4,7-8,11H,5-6H2,(H3,17,18). The summed E-state index contributed by atoms with van der Waals surface area (Å²) in [7, 11) is 0. The number of nitrogens with zero attached hydrogens (tertiary/aromatic N) is 1. The fourth-order valence-electron chi connectivity index (χ4n) is 2.31. The molecule has 1 aliphatic rings. The summed E-state index contributed by atoms with van der Waals surface area (Å²) < 4.78 is 1.75. The van der Waals surface area contributed by atoms with E-state index in [1.807, 2.05) is 18.2 Å². The van der Waals surface area contributed by atoms with Crippen molar-refractivity contribution in [2.75, 3.05) is 0 Å². The number of hydrogen-bond donors (Lipinski definition) is 2. The molecule has 0 atom stereocenters. The molecule has 0 aliphatic heterocycles. The Bertz CT molecular complexity index is 730.